The summed E-state index contributed by atoms with van der Waals surface area (Å²) in [5.41, 5.74) is 0.671. The quantitative estimate of drug-likeness (QED) is 0.809. The molecule has 2 rings (SSSR count). The second kappa shape index (κ2) is 8.29. The summed E-state index contributed by atoms with van der Waals surface area (Å²) in [5, 5.41) is 0. The summed E-state index contributed by atoms with van der Waals surface area (Å²) in [5.74, 6) is 2.01. The predicted molar refractivity (Wildman–Crippen MR) is 92.8 cm³/mol. The summed E-state index contributed by atoms with van der Waals surface area (Å²) in [7, 11) is 3.75. The third-order valence-corrected chi connectivity index (χ3v) is 4.23. The second-order valence-corrected chi connectivity index (χ2v) is 6.89. The highest BCUT2D eigenvalue weighted by Gasteiger charge is 2.24. The van der Waals surface area contributed by atoms with Crippen LogP contribution in [0.4, 0.5) is 5.82 Å². The Hall–Kier alpha value is -1.62. The lowest BCUT2D eigenvalue weighted by Crippen LogP contribution is -2.41. The highest BCUT2D eigenvalue weighted by atomic mass is 16.5. The summed E-state index contributed by atoms with van der Waals surface area (Å²) in [6.45, 7) is 7.64. The minimum absolute atomic E-state index is 0.0800. The molecule has 1 aliphatic rings. The van der Waals surface area contributed by atoms with E-state index in [9.17, 15) is 4.79 Å². The molecule has 0 saturated carbocycles. The molecule has 128 valence electrons. The van der Waals surface area contributed by atoms with Crippen molar-refractivity contribution in [3.63, 3.8) is 0 Å². The van der Waals surface area contributed by atoms with Gasteiger partial charge in [-0.15, -0.1) is 0 Å². The monoisotopic (exact) mass is 319 g/mol. The van der Waals surface area contributed by atoms with Crippen LogP contribution in [0.25, 0.3) is 0 Å². The number of methoxy groups -OCH3 is 1. The largest absolute Gasteiger partial charge is 0.384 e. The molecule has 0 aromatic carbocycles. The lowest BCUT2D eigenvalue weighted by atomic mass is 9.98. The Balaban J connectivity index is 1.99. The van der Waals surface area contributed by atoms with Gasteiger partial charge in [-0.05, 0) is 36.8 Å². The van der Waals surface area contributed by atoms with Gasteiger partial charge in [0.25, 0.3) is 5.91 Å². The lowest BCUT2D eigenvalue weighted by Gasteiger charge is -2.32. The molecule has 1 aliphatic heterocycles. The molecule has 1 amide bonds. The SMILES string of the molecule is COCC1CCCN(C(=O)c2ccc(N(C)CC(C)C)nc2)C1. The van der Waals surface area contributed by atoms with Crippen molar-refractivity contribution in [2.75, 3.05) is 45.3 Å². The van der Waals surface area contributed by atoms with Crippen LogP contribution < -0.4 is 4.90 Å². The Kier molecular flexibility index (Phi) is 6.39. The van der Waals surface area contributed by atoms with Gasteiger partial charge in [-0.3, -0.25) is 4.79 Å². The number of aromatic nitrogens is 1. The Bertz CT molecular complexity index is 499. The number of ether oxygens (including phenoxy) is 1. The molecule has 1 aromatic rings. The number of piperidine rings is 1. The number of carbonyl (C=O) groups is 1. The van der Waals surface area contributed by atoms with Crippen LogP contribution in [0.5, 0.6) is 0 Å². The van der Waals surface area contributed by atoms with E-state index in [0.29, 0.717) is 17.4 Å². The van der Waals surface area contributed by atoms with Gasteiger partial charge in [0, 0.05) is 40.0 Å². The fraction of sp³-hybridized carbons (Fsp3) is 0.667. The van der Waals surface area contributed by atoms with Gasteiger partial charge < -0.3 is 14.5 Å². The molecule has 0 spiro atoms. The van der Waals surface area contributed by atoms with Gasteiger partial charge in [0.2, 0.25) is 0 Å². The van der Waals surface area contributed by atoms with Crippen LogP contribution in [0, 0.1) is 11.8 Å². The summed E-state index contributed by atoms with van der Waals surface area (Å²) >= 11 is 0. The molecular weight excluding hydrogens is 290 g/mol. The molecular formula is C18H29N3O2. The molecule has 1 unspecified atom stereocenters. The number of hydrogen-bond acceptors (Lipinski definition) is 4. The van der Waals surface area contributed by atoms with E-state index in [1.54, 1.807) is 13.3 Å². The molecule has 1 fully saturated rings. The first-order valence-electron chi connectivity index (χ1n) is 8.46. The zero-order valence-corrected chi connectivity index (χ0v) is 14.8. The number of anilines is 1. The van der Waals surface area contributed by atoms with Gasteiger partial charge in [0.05, 0.1) is 12.2 Å². The molecule has 2 heterocycles. The summed E-state index contributed by atoms with van der Waals surface area (Å²) in [6, 6.07) is 3.83. The number of likely N-dealkylation sites (tertiary alicyclic amines) is 1. The van der Waals surface area contributed by atoms with Gasteiger partial charge in [0.15, 0.2) is 0 Å². The smallest absolute Gasteiger partial charge is 0.255 e. The Morgan fingerprint density at radius 2 is 2.26 bits per heavy atom. The molecule has 0 radical (unpaired) electrons. The highest BCUT2D eigenvalue weighted by molar-refractivity contribution is 5.94. The number of rotatable bonds is 6. The van der Waals surface area contributed by atoms with Crippen molar-refractivity contribution in [2.24, 2.45) is 11.8 Å². The van der Waals surface area contributed by atoms with E-state index in [1.807, 2.05) is 24.1 Å². The molecule has 23 heavy (non-hydrogen) atoms. The van der Waals surface area contributed by atoms with Crippen LogP contribution in [-0.4, -0.2) is 56.2 Å². The Morgan fingerprint density at radius 1 is 1.48 bits per heavy atom. The first-order valence-corrected chi connectivity index (χ1v) is 8.46. The van der Waals surface area contributed by atoms with Gasteiger partial charge in [-0.1, -0.05) is 13.8 Å². The van der Waals surface area contributed by atoms with Crippen LogP contribution in [0.3, 0.4) is 0 Å². The van der Waals surface area contributed by atoms with E-state index in [-0.39, 0.29) is 5.91 Å². The zero-order chi connectivity index (χ0) is 16.8. The lowest BCUT2D eigenvalue weighted by molar-refractivity contribution is 0.0570. The average Bonchev–Trinajstić information content (AvgIpc) is 2.54. The first-order chi connectivity index (χ1) is 11.0. The van der Waals surface area contributed by atoms with Gasteiger partial charge >= 0.3 is 0 Å². The Labute approximate surface area is 139 Å². The van der Waals surface area contributed by atoms with E-state index in [2.05, 4.69) is 23.7 Å². The predicted octanol–water partition coefficient (Wildman–Crippen LogP) is 2.67. The molecule has 5 heteroatoms. The summed E-state index contributed by atoms with van der Waals surface area (Å²) in [4.78, 5) is 21.1. The summed E-state index contributed by atoms with van der Waals surface area (Å²) in [6.07, 6.45) is 3.88. The molecule has 5 nitrogen and oxygen atoms in total. The molecule has 1 atom stereocenters. The fourth-order valence-corrected chi connectivity index (χ4v) is 3.18. The third kappa shape index (κ3) is 4.93. The maximum absolute atomic E-state index is 12.6. The van der Waals surface area contributed by atoms with Crippen molar-refractivity contribution in [3.8, 4) is 0 Å². The number of carbonyl (C=O) groups excluding carboxylic acids is 1. The van der Waals surface area contributed by atoms with Crippen LogP contribution in [0.15, 0.2) is 18.3 Å². The molecule has 1 saturated heterocycles. The Morgan fingerprint density at radius 3 is 2.87 bits per heavy atom. The minimum Gasteiger partial charge on any atom is -0.384 e. The first kappa shape index (κ1) is 17.7. The average molecular weight is 319 g/mol. The van der Waals surface area contributed by atoms with E-state index >= 15 is 0 Å². The number of hydrogen-bond donors (Lipinski definition) is 0. The van der Waals surface area contributed by atoms with E-state index in [4.69, 9.17) is 4.74 Å². The standard InChI is InChI=1S/C18H29N3O2/c1-14(2)11-20(3)17-8-7-16(10-19-17)18(22)21-9-5-6-15(12-21)13-23-4/h7-8,10,14-15H,5-6,9,11-13H2,1-4H3. The van der Waals surface area contributed by atoms with Crippen LogP contribution in [0.2, 0.25) is 0 Å². The number of amides is 1. The van der Waals surface area contributed by atoms with Gasteiger partial charge in [-0.25, -0.2) is 4.98 Å². The zero-order valence-electron chi connectivity index (χ0n) is 14.8. The highest BCUT2D eigenvalue weighted by Crippen LogP contribution is 2.19. The van der Waals surface area contributed by atoms with Crippen molar-refractivity contribution >= 4 is 11.7 Å². The van der Waals surface area contributed by atoms with Crippen molar-refractivity contribution in [3.05, 3.63) is 23.9 Å². The maximum atomic E-state index is 12.6. The van der Waals surface area contributed by atoms with Crippen LogP contribution in [0.1, 0.15) is 37.0 Å². The van der Waals surface area contributed by atoms with Gasteiger partial charge in [0.1, 0.15) is 5.82 Å². The number of pyridine rings is 1. The van der Waals surface area contributed by atoms with E-state index < -0.39 is 0 Å². The topological polar surface area (TPSA) is 45.7 Å². The van der Waals surface area contributed by atoms with Crippen molar-refractivity contribution in [1.29, 1.82) is 0 Å². The van der Waals surface area contributed by atoms with E-state index in [1.165, 1.54) is 0 Å². The normalized spacial score (nSPS) is 18.3. The minimum atomic E-state index is 0.0800. The van der Waals surface area contributed by atoms with Crippen molar-refractivity contribution in [2.45, 2.75) is 26.7 Å². The summed E-state index contributed by atoms with van der Waals surface area (Å²) < 4.78 is 5.23. The fourth-order valence-electron chi connectivity index (χ4n) is 3.18. The second-order valence-electron chi connectivity index (χ2n) is 6.89. The third-order valence-electron chi connectivity index (χ3n) is 4.23. The van der Waals surface area contributed by atoms with Crippen molar-refractivity contribution < 1.29 is 9.53 Å². The van der Waals surface area contributed by atoms with Crippen molar-refractivity contribution in [1.82, 2.24) is 9.88 Å². The van der Waals surface area contributed by atoms with Crippen LogP contribution in [-0.2, 0) is 4.74 Å². The molecule has 0 aliphatic carbocycles. The molecule has 0 bridgehead atoms. The maximum Gasteiger partial charge on any atom is 0.255 e. The number of nitrogens with zero attached hydrogens (tertiary/aromatic N) is 3. The molecule has 1 aromatic heterocycles. The van der Waals surface area contributed by atoms with Crippen LogP contribution >= 0.6 is 0 Å². The van der Waals surface area contributed by atoms with Gasteiger partial charge in [-0.2, -0.15) is 0 Å². The molecule has 0 N–H and O–H groups in total. The van der Waals surface area contributed by atoms with E-state index in [0.717, 1.165) is 44.9 Å².